The largest absolute Gasteiger partial charge is 0.481 e. The Morgan fingerprint density at radius 1 is 1.50 bits per heavy atom. The number of nitrogens with zero attached hydrogens (tertiary/aromatic N) is 2. The lowest BCUT2D eigenvalue weighted by atomic mass is 9.74. The third-order valence-corrected chi connectivity index (χ3v) is 4.46. The van der Waals surface area contributed by atoms with Crippen molar-refractivity contribution in [2.24, 2.45) is 0 Å². The van der Waals surface area contributed by atoms with Crippen molar-refractivity contribution in [3.05, 3.63) is 23.5 Å². The minimum atomic E-state index is -0.868. The van der Waals surface area contributed by atoms with E-state index in [9.17, 15) is 9.59 Å². The second-order valence-electron chi connectivity index (χ2n) is 5.25. The fourth-order valence-corrected chi connectivity index (χ4v) is 3.32. The van der Waals surface area contributed by atoms with E-state index in [1.54, 1.807) is 0 Å². The average molecular weight is 293 g/mol. The Morgan fingerprint density at radius 2 is 2.30 bits per heavy atom. The number of aliphatic carboxylic acids is 1. The molecule has 1 fully saturated rings. The van der Waals surface area contributed by atoms with Crippen LogP contribution in [0.25, 0.3) is 4.96 Å². The normalized spacial score (nSPS) is 16.8. The quantitative estimate of drug-likeness (QED) is 0.874. The number of aromatic nitrogens is 2. The third kappa shape index (κ3) is 2.53. The Bertz CT molecular complexity index is 628. The van der Waals surface area contributed by atoms with Crippen LogP contribution in [0.15, 0.2) is 17.8 Å². The van der Waals surface area contributed by atoms with Crippen molar-refractivity contribution < 1.29 is 14.7 Å². The number of carbonyl (C=O) groups excluding carboxylic acids is 1. The molecule has 0 radical (unpaired) electrons. The van der Waals surface area contributed by atoms with E-state index in [-0.39, 0.29) is 18.7 Å². The van der Waals surface area contributed by atoms with Crippen molar-refractivity contribution in [1.82, 2.24) is 14.7 Å². The van der Waals surface area contributed by atoms with Crippen LogP contribution >= 0.6 is 11.3 Å². The maximum absolute atomic E-state index is 12.1. The highest BCUT2D eigenvalue weighted by Crippen LogP contribution is 2.34. The lowest BCUT2D eigenvalue weighted by Gasteiger charge is -2.41. The summed E-state index contributed by atoms with van der Waals surface area (Å²) in [6.07, 6.45) is 6.36. The number of amides is 1. The molecule has 1 aliphatic rings. The molecule has 7 heteroatoms. The first kappa shape index (κ1) is 13.1. The Labute approximate surface area is 119 Å². The van der Waals surface area contributed by atoms with Crippen LogP contribution in [0.1, 0.15) is 31.4 Å². The van der Waals surface area contributed by atoms with Gasteiger partial charge in [0, 0.05) is 17.8 Å². The van der Waals surface area contributed by atoms with Crippen molar-refractivity contribution in [2.45, 2.75) is 37.6 Å². The first-order chi connectivity index (χ1) is 9.56. The molecule has 0 bridgehead atoms. The number of rotatable bonds is 5. The second-order valence-corrected chi connectivity index (χ2v) is 6.13. The van der Waals surface area contributed by atoms with Gasteiger partial charge in [0.1, 0.15) is 0 Å². The molecule has 2 aromatic heterocycles. The number of thiazole rings is 1. The monoisotopic (exact) mass is 293 g/mol. The zero-order valence-corrected chi connectivity index (χ0v) is 11.7. The van der Waals surface area contributed by atoms with Crippen LogP contribution < -0.4 is 5.32 Å². The highest BCUT2D eigenvalue weighted by Gasteiger charge is 2.40. The molecule has 6 nitrogen and oxygen atoms in total. The molecule has 0 spiro atoms. The van der Waals surface area contributed by atoms with E-state index in [2.05, 4.69) is 10.3 Å². The molecular formula is C13H15N3O3S. The summed E-state index contributed by atoms with van der Waals surface area (Å²) in [6.45, 7) is 0. The van der Waals surface area contributed by atoms with Gasteiger partial charge < -0.3 is 10.4 Å². The second kappa shape index (κ2) is 4.90. The van der Waals surface area contributed by atoms with E-state index in [0.29, 0.717) is 5.69 Å². The maximum Gasteiger partial charge on any atom is 0.305 e. The van der Waals surface area contributed by atoms with Gasteiger partial charge >= 0.3 is 5.97 Å². The molecular weight excluding hydrogens is 278 g/mol. The van der Waals surface area contributed by atoms with Crippen molar-refractivity contribution in [2.75, 3.05) is 0 Å². The summed E-state index contributed by atoms with van der Waals surface area (Å²) in [5.74, 6) is -1.02. The van der Waals surface area contributed by atoms with Gasteiger partial charge in [0.25, 0.3) is 0 Å². The molecule has 0 atom stereocenters. The van der Waals surface area contributed by atoms with Crippen LogP contribution in [0.5, 0.6) is 0 Å². The zero-order chi connectivity index (χ0) is 14.2. The smallest absolute Gasteiger partial charge is 0.305 e. The van der Waals surface area contributed by atoms with Crippen LogP contribution in [0.4, 0.5) is 0 Å². The fraction of sp³-hybridized carbons (Fsp3) is 0.462. The van der Waals surface area contributed by atoms with Gasteiger partial charge in [-0.2, -0.15) is 0 Å². The first-order valence-electron chi connectivity index (χ1n) is 6.50. The van der Waals surface area contributed by atoms with Crippen LogP contribution in [0.2, 0.25) is 0 Å². The number of fused-ring (bicyclic) bond motifs is 1. The fourth-order valence-electron chi connectivity index (χ4n) is 2.60. The average Bonchev–Trinajstić information content (AvgIpc) is 2.85. The molecule has 0 aromatic carbocycles. The lowest BCUT2D eigenvalue weighted by molar-refractivity contribution is -0.140. The molecule has 0 saturated heterocycles. The molecule has 1 amide bonds. The predicted octanol–water partition coefficient (Wildman–Crippen LogP) is 1.45. The summed E-state index contributed by atoms with van der Waals surface area (Å²) in [4.78, 5) is 28.1. The van der Waals surface area contributed by atoms with Gasteiger partial charge in [0.15, 0.2) is 4.96 Å². The topological polar surface area (TPSA) is 83.7 Å². The van der Waals surface area contributed by atoms with Gasteiger partial charge in [-0.3, -0.25) is 14.0 Å². The molecule has 1 aliphatic carbocycles. The molecule has 2 N–H and O–H groups in total. The van der Waals surface area contributed by atoms with Gasteiger partial charge in [0.2, 0.25) is 5.91 Å². The number of carboxylic acids is 1. The van der Waals surface area contributed by atoms with E-state index < -0.39 is 11.5 Å². The number of imidazole rings is 1. The van der Waals surface area contributed by atoms with Crippen molar-refractivity contribution in [3.63, 3.8) is 0 Å². The summed E-state index contributed by atoms with van der Waals surface area (Å²) < 4.78 is 1.88. The standard InChI is InChI=1S/C13H15N3O3S/c17-10(15-13(2-1-3-13)7-11(18)19)6-9-8-16-4-5-20-12(16)14-9/h4-5,8H,1-3,6-7H2,(H,15,17)(H,18,19). The lowest BCUT2D eigenvalue weighted by Crippen LogP contribution is -2.55. The van der Waals surface area contributed by atoms with E-state index in [1.165, 1.54) is 11.3 Å². The maximum atomic E-state index is 12.1. The van der Waals surface area contributed by atoms with Crippen LogP contribution in [-0.4, -0.2) is 31.9 Å². The van der Waals surface area contributed by atoms with Crippen molar-refractivity contribution in [3.8, 4) is 0 Å². The van der Waals surface area contributed by atoms with Gasteiger partial charge in [-0.1, -0.05) is 0 Å². The number of carboxylic acid groups (broad SMARTS) is 1. The zero-order valence-electron chi connectivity index (χ0n) is 10.8. The van der Waals surface area contributed by atoms with E-state index in [4.69, 9.17) is 5.11 Å². The highest BCUT2D eigenvalue weighted by atomic mass is 32.1. The SMILES string of the molecule is O=C(O)CC1(NC(=O)Cc2cn3ccsc3n2)CCC1. The highest BCUT2D eigenvalue weighted by molar-refractivity contribution is 7.15. The number of nitrogens with one attached hydrogen (secondary N) is 1. The molecule has 0 aliphatic heterocycles. The van der Waals surface area contributed by atoms with E-state index in [1.807, 2.05) is 22.2 Å². The van der Waals surface area contributed by atoms with E-state index >= 15 is 0 Å². The third-order valence-electron chi connectivity index (χ3n) is 3.69. The van der Waals surface area contributed by atoms with Gasteiger partial charge in [-0.25, -0.2) is 4.98 Å². The molecule has 20 heavy (non-hydrogen) atoms. The van der Waals surface area contributed by atoms with Crippen molar-refractivity contribution in [1.29, 1.82) is 0 Å². The van der Waals surface area contributed by atoms with Gasteiger partial charge in [0.05, 0.1) is 24.1 Å². The van der Waals surface area contributed by atoms with Gasteiger partial charge in [-0.05, 0) is 19.3 Å². The summed E-state index contributed by atoms with van der Waals surface area (Å²) in [7, 11) is 0. The summed E-state index contributed by atoms with van der Waals surface area (Å²) in [5, 5.41) is 13.7. The minimum Gasteiger partial charge on any atom is -0.481 e. The summed E-state index contributed by atoms with van der Waals surface area (Å²) >= 11 is 1.51. The van der Waals surface area contributed by atoms with Crippen LogP contribution in [0.3, 0.4) is 0 Å². The van der Waals surface area contributed by atoms with Crippen LogP contribution in [0, 0.1) is 0 Å². The van der Waals surface area contributed by atoms with Crippen molar-refractivity contribution >= 4 is 28.2 Å². The Morgan fingerprint density at radius 3 is 2.90 bits per heavy atom. The number of hydrogen-bond acceptors (Lipinski definition) is 4. The molecule has 3 rings (SSSR count). The Hall–Kier alpha value is -1.89. The Balaban J connectivity index is 1.64. The number of hydrogen-bond donors (Lipinski definition) is 2. The molecule has 2 heterocycles. The van der Waals surface area contributed by atoms with Gasteiger partial charge in [-0.15, -0.1) is 11.3 Å². The molecule has 2 aromatic rings. The Kier molecular flexibility index (Phi) is 3.21. The summed E-state index contributed by atoms with van der Waals surface area (Å²) in [5.41, 5.74) is 0.166. The minimum absolute atomic E-state index is 0.00296. The van der Waals surface area contributed by atoms with Crippen LogP contribution in [-0.2, 0) is 16.0 Å². The molecule has 106 valence electrons. The first-order valence-corrected chi connectivity index (χ1v) is 7.38. The van der Waals surface area contributed by atoms with E-state index in [0.717, 1.165) is 24.2 Å². The number of carbonyl (C=O) groups is 2. The summed E-state index contributed by atoms with van der Waals surface area (Å²) in [6, 6.07) is 0. The molecule has 0 unspecified atom stereocenters. The predicted molar refractivity (Wildman–Crippen MR) is 73.8 cm³/mol. The molecule has 1 saturated carbocycles.